The maximum absolute atomic E-state index is 12.1. The molecule has 11 nitrogen and oxygen atoms in total. The number of carbonyl (C=O) groups excluding carboxylic acids is 2. The van der Waals surface area contributed by atoms with Gasteiger partial charge in [0.2, 0.25) is 12.3 Å². The minimum absolute atomic E-state index is 0.0229. The molecule has 4 unspecified atom stereocenters. The average molecular weight is 601 g/mol. The highest BCUT2D eigenvalue weighted by Gasteiger charge is 2.38. The molecular weight excluding hydrogens is 556 g/mol. The lowest BCUT2D eigenvalue weighted by atomic mass is 10.1. The topological polar surface area (TPSA) is 126 Å². The number of ether oxygens (including phenoxy) is 1. The van der Waals surface area contributed by atoms with Crippen LogP contribution in [0.4, 0.5) is 11.4 Å². The van der Waals surface area contributed by atoms with Crippen LogP contribution in [0.15, 0.2) is 51.9 Å². The lowest BCUT2D eigenvalue weighted by Gasteiger charge is -2.25. The van der Waals surface area contributed by atoms with Gasteiger partial charge in [0.05, 0.1) is 60.4 Å². The number of anilines is 2. The number of likely N-dealkylation sites (tertiary alicyclic amines) is 1. The first kappa shape index (κ1) is 31.5. The molecular formula is C33H44N8O3. The first-order valence-corrected chi connectivity index (χ1v) is 15.6. The molecule has 234 valence electrons. The van der Waals surface area contributed by atoms with Gasteiger partial charge in [0.25, 0.3) is 0 Å². The Morgan fingerprint density at radius 2 is 1.95 bits per heavy atom. The lowest BCUT2D eigenvalue weighted by molar-refractivity contribution is -0.117. The lowest BCUT2D eigenvalue weighted by Crippen LogP contribution is -2.38. The van der Waals surface area contributed by atoms with Crippen molar-refractivity contribution >= 4 is 41.8 Å². The van der Waals surface area contributed by atoms with E-state index in [1.165, 1.54) is 19.3 Å². The smallest absolute Gasteiger partial charge is 0.238 e. The molecule has 0 spiro atoms. The number of allylic oxidation sites excluding steroid dienone is 2. The Morgan fingerprint density at radius 1 is 1.11 bits per heavy atom. The number of aliphatic imine (C=N–C) groups is 2. The Balaban J connectivity index is 0.000000175. The van der Waals surface area contributed by atoms with Gasteiger partial charge < -0.3 is 15.4 Å². The molecule has 4 aliphatic rings. The maximum atomic E-state index is 12.1. The second-order valence-electron chi connectivity index (χ2n) is 12.1. The number of rotatable bonds is 8. The Kier molecular flexibility index (Phi) is 10.5. The van der Waals surface area contributed by atoms with Gasteiger partial charge in [-0.05, 0) is 82.1 Å². The number of pyridine rings is 1. The van der Waals surface area contributed by atoms with E-state index in [9.17, 15) is 9.59 Å². The molecule has 5 heterocycles. The minimum Gasteiger partial charge on any atom is -0.379 e. The molecule has 0 aromatic carbocycles. The Bertz CT molecular complexity index is 1450. The Labute approximate surface area is 259 Å². The van der Waals surface area contributed by atoms with E-state index in [1.54, 1.807) is 19.2 Å². The predicted octanol–water partition coefficient (Wildman–Crippen LogP) is 4.84. The van der Waals surface area contributed by atoms with E-state index in [4.69, 9.17) is 9.73 Å². The largest absolute Gasteiger partial charge is 0.379 e. The van der Waals surface area contributed by atoms with Crippen molar-refractivity contribution in [2.45, 2.75) is 77.9 Å². The van der Waals surface area contributed by atoms with Gasteiger partial charge in [0.15, 0.2) is 0 Å². The van der Waals surface area contributed by atoms with Gasteiger partial charge in [-0.3, -0.25) is 34.1 Å². The fourth-order valence-corrected chi connectivity index (χ4v) is 6.06. The van der Waals surface area contributed by atoms with Crippen LogP contribution in [0.5, 0.6) is 0 Å². The number of hydrogen-bond donors (Lipinski definition) is 2. The molecule has 2 aromatic heterocycles. The highest BCUT2D eigenvalue weighted by molar-refractivity contribution is 5.94. The highest BCUT2D eigenvalue weighted by atomic mass is 16.5. The molecule has 11 heteroatoms. The molecule has 0 radical (unpaired) electrons. The number of piperidine rings is 1. The third-order valence-electron chi connectivity index (χ3n) is 8.88. The van der Waals surface area contributed by atoms with Crippen LogP contribution in [0, 0.1) is 12.8 Å². The number of amides is 2. The molecule has 1 saturated carbocycles. The molecule has 2 amide bonds. The molecule has 1 aliphatic carbocycles. The van der Waals surface area contributed by atoms with Crippen LogP contribution in [0.1, 0.15) is 70.2 Å². The summed E-state index contributed by atoms with van der Waals surface area (Å²) in [5.74, 6) is 0.762. The van der Waals surface area contributed by atoms with Crippen LogP contribution in [0.3, 0.4) is 0 Å². The van der Waals surface area contributed by atoms with Crippen molar-refractivity contribution < 1.29 is 14.3 Å². The van der Waals surface area contributed by atoms with Crippen LogP contribution < -0.4 is 10.6 Å². The molecule has 2 saturated heterocycles. The molecule has 2 N–H and O–H groups in total. The van der Waals surface area contributed by atoms with Crippen molar-refractivity contribution in [1.29, 1.82) is 0 Å². The summed E-state index contributed by atoms with van der Waals surface area (Å²) in [6.07, 6.45) is 17.9. The van der Waals surface area contributed by atoms with E-state index >= 15 is 0 Å². The fraction of sp³-hybridized carbons (Fsp3) is 0.515. The van der Waals surface area contributed by atoms with Gasteiger partial charge >= 0.3 is 0 Å². The van der Waals surface area contributed by atoms with Gasteiger partial charge in [0, 0.05) is 43.4 Å². The Morgan fingerprint density at radius 3 is 2.66 bits per heavy atom. The molecule has 2 aromatic rings. The van der Waals surface area contributed by atoms with Crippen molar-refractivity contribution in [2.24, 2.45) is 15.9 Å². The van der Waals surface area contributed by atoms with Gasteiger partial charge in [-0.1, -0.05) is 6.92 Å². The van der Waals surface area contributed by atoms with Gasteiger partial charge in [0.1, 0.15) is 0 Å². The summed E-state index contributed by atoms with van der Waals surface area (Å²) in [7, 11) is 0. The fourth-order valence-electron chi connectivity index (χ4n) is 6.06. The summed E-state index contributed by atoms with van der Waals surface area (Å²) >= 11 is 0. The van der Waals surface area contributed by atoms with E-state index in [2.05, 4.69) is 63.7 Å². The zero-order chi connectivity index (χ0) is 31.1. The third-order valence-corrected chi connectivity index (χ3v) is 8.88. The normalized spacial score (nSPS) is 28.2. The van der Waals surface area contributed by atoms with Crippen LogP contribution in [-0.2, 0) is 14.3 Å². The summed E-state index contributed by atoms with van der Waals surface area (Å²) < 4.78 is 7.45. The van der Waals surface area contributed by atoms with Crippen molar-refractivity contribution in [1.82, 2.24) is 19.7 Å². The van der Waals surface area contributed by atoms with Crippen molar-refractivity contribution in [3.63, 3.8) is 0 Å². The summed E-state index contributed by atoms with van der Waals surface area (Å²) in [6, 6.07) is 2.80. The van der Waals surface area contributed by atoms with Crippen LogP contribution in [0.25, 0.3) is 5.70 Å². The number of nitrogens with one attached hydrogen (secondary N) is 2. The number of carbonyl (C=O) groups is 2. The van der Waals surface area contributed by atoms with E-state index < -0.39 is 0 Å². The number of aromatic nitrogens is 3. The second-order valence-corrected chi connectivity index (χ2v) is 12.1. The number of nitrogens with zero attached hydrogens (tertiary/aromatic N) is 6. The van der Waals surface area contributed by atoms with E-state index in [0.717, 1.165) is 66.6 Å². The molecule has 3 aliphatic heterocycles. The van der Waals surface area contributed by atoms with Gasteiger partial charge in [-0.25, -0.2) is 0 Å². The van der Waals surface area contributed by atoms with Crippen LogP contribution >= 0.6 is 0 Å². The summed E-state index contributed by atoms with van der Waals surface area (Å²) in [5, 5.41) is 9.94. The summed E-state index contributed by atoms with van der Waals surface area (Å²) in [6.45, 7) is 11.1. The Hall–Kier alpha value is -3.96. The average Bonchev–Trinajstić information content (AvgIpc) is 3.84. The van der Waals surface area contributed by atoms with Crippen molar-refractivity contribution in [3.8, 4) is 0 Å². The third kappa shape index (κ3) is 7.95. The van der Waals surface area contributed by atoms with Crippen molar-refractivity contribution in [3.05, 3.63) is 53.1 Å². The second kappa shape index (κ2) is 14.7. The summed E-state index contributed by atoms with van der Waals surface area (Å²) in [5.41, 5.74) is 6.20. The molecule has 2 bridgehead atoms. The number of aryl methyl sites for hydroxylation is 1. The van der Waals surface area contributed by atoms with E-state index in [1.807, 2.05) is 23.3 Å². The minimum atomic E-state index is -0.0229. The summed E-state index contributed by atoms with van der Waals surface area (Å²) in [4.78, 5) is 38.5. The van der Waals surface area contributed by atoms with Crippen LogP contribution in [-0.4, -0.2) is 82.8 Å². The maximum Gasteiger partial charge on any atom is 0.238 e. The monoisotopic (exact) mass is 600 g/mol. The van der Waals surface area contributed by atoms with Gasteiger partial charge in [-0.15, -0.1) is 0 Å². The molecule has 3 fully saturated rings. The molecule has 44 heavy (non-hydrogen) atoms. The van der Waals surface area contributed by atoms with Crippen LogP contribution in [0.2, 0.25) is 0 Å². The standard InChI is InChI=1S/C18H24N4O.C15H20N4O2/c1-4-16-7-18(20-9-14(3)13(2)8-19-16)15-10-21-22(11-15)17-5-6-23-12-17;1-10-14(17-9-20)5-12(6-16-10)18-15(21)8-19-7-11-2-3-13(19)4-11/h7-11,16-17H,4-6,12H2,1-3H3;5-6,9,11,13H,2-4,7-8H2,1H3,(H,17,20)(H,18,21)/b14-13+,18-7-,19-8?,20-9-;. The number of fused-ring (bicyclic) bond motifs is 2. The van der Waals surface area contributed by atoms with Crippen molar-refractivity contribution in [2.75, 3.05) is 36.9 Å². The zero-order valence-corrected chi connectivity index (χ0v) is 26.2. The number of hydrogen-bond acceptors (Lipinski definition) is 8. The molecule has 4 atom stereocenters. The first-order chi connectivity index (χ1) is 21.3. The SMILES string of the molecule is CCC1\C=C(c2cnn(C3CCOC3)c2)/N=C\C(C)=C(/C)C=N1.Cc1ncc(NC(=O)CN2CC3CCC2C3)cc1NC=O. The quantitative estimate of drug-likeness (QED) is 0.418. The van der Waals surface area contributed by atoms with E-state index in [-0.39, 0.29) is 11.9 Å². The zero-order valence-electron chi connectivity index (χ0n) is 26.2. The van der Waals surface area contributed by atoms with E-state index in [0.29, 0.717) is 36.4 Å². The first-order valence-electron chi connectivity index (χ1n) is 15.6. The molecule has 6 rings (SSSR count). The predicted molar refractivity (Wildman–Crippen MR) is 174 cm³/mol. The highest BCUT2D eigenvalue weighted by Crippen LogP contribution is 2.37. The van der Waals surface area contributed by atoms with Gasteiger partial charge in [-0.2, -0.15) is 5.10 Å².